The molecule has 2 aromatic rings. The highest BCUT2D eigenvalue weighted by atomic mass is 19.1. The largest absolute Gasteiger partial charge is 0.372 e. The highest BCUT2D eigenvalue weighted by Gasteiger charge is 2.05. The Morgan fingerprint density at radius 3 is 2.37 bits per heavy atom. The molecule has 0 N–H and O–H groups in total. The average molecular weight is 259 g/mol. The van der Waals surface area contributed by atoms with Crippen molar-refractivity contribution in [2.45, 2.75) is 13.2 Å². The second-order valence-electron chi connectivity index (χ2n) is 4.00. The molecule has 0 bridgehead atoms. The molecular formula is C15H11F2NO. The molecule has 96 valence electrons. The molecule has 0 saturated heterocycles. The van der Waals surface area contributed by atoms with Gasteiger partial charge in [-0.1, -0.05) is 18.2 Å². The SMILES string of the molecule is N#Cc1ccc(F)c(COCc2ccccc2F)c1. The first-order chi connectivity index (χ1) is 9.20. The first-order valence-corrected chi connectivity index (χ1v) is 5.70. The van der Waals surface area contributed by atoms with Crippen LogP contribution in [-0.4, -0.2) is 0 Å². The third kappa shape index (κ3) is 3.36. The molecule has 2 aromatic carbocycles. The lowest BCUT2D eigenvalue weighted by molar-refractivity contribution is 0.102. The molecule has 0 atom stereocenters. The Hall–Kier alpha value is -2.25. The van der Waals surface area contributed by atoms with E-state index in [0.29, 0.717) is 11.1 Å². The number of benzene rings is 2. The Morgan fingerprint density at radius 2 is 1.63 bits per heavy atom. The van der Waals surface area contributed by atoms with Gasteiger partial charge in [-0.25, -0.2) is 8.78 Å². The van der Waals surface area contributed by atoms with E-state index >= 15 is 0 Å². The van der Waals surface area contributed by atoms with Gasteiger partial charge in [0, 0.05) is 11.1 Å². The van der Waals surface area contributed by atoms with E-state index in [1.54, 1.807) is 18.2 Å². The highest BCUT2D eigenvalue weighted by Crippen LogP contribution is 2.13. The van der Waals surface area contributed by atoms with Crippen LogP contribution in [0.2, 0.25) is 0 Å². The molecule has 0 aliphatic carbocycles. The minimum Gasteiger partial charge on any atom is -0.372 e. The summed E-state index contributed by atoms with van der Waals surface area (Å²) in [5, 5.41) is 8.73. The van der Waals surface area contributed by atoms with E-state index in [-0.39, 0.29) is 24.6 Å². The third-order valence-corrected chi connectivity index (χ3v) is 2.65. The third-order valence-electron chi connectivity index (χ3n) is 2.65. The number of halogens is 2. The Labute approximate surface area is 109 Å². The van der Waals surface area contributed by atoms with Crippen LogP contribution in [0, 0.1) is 23.0 Å². The molecule has 0 unspecified atom stereocenters. The number of hydrogen-bond donors (Lipinski definition) is 0. The maximum absolute atomic E-state index is 13.4. The zero-order valence-electron chi connectivity index (χ0n) is 10.1. The van der Waals surface area contributed by atoms with Crippen molar-refractivity contribution >= 4 is 0 Å². The van der Waals surface area contributed by atoms with Gasteiger partial charge in [0.05, 0.1) is 24.8 Å². The number of nitrogens with zero attached hydrogens (tertiary/aromatic N) is 1. The summed E-state index contributed by atoms with van der Waals surface area (Å²) in [7, 11) is 0. The van der Waals surface area contributed by atoms with E-state index in [1.807, 2.05) is 6.07 Å². The Balaban J connectivity index is 2.00. The minimum absolute atomic E-state index is 0.00428. The van der Waals surface area contributed by atoms with Crippen LogP contribution < -0.4 is 0 Å². The van der Waals surface area contributed by atoms with Crippen LogP contribution in [0.5, 0.6) is 0 Å². The quantitative estimate of drug-likeness (QED) is 0.841. The number of rotatable bonds is 4. The number of ether oxygens (including phenoxy) is 1. The van der Waals surface area contributed by atoms with Crippen LogP contribution in [0.1, 0.15) is 16.7 Å². The van der Waals surface area contributed by atoms with Crippen molar-refractivity contribution in [1.29, 1.82) is 5.26 Å². The maximum atomic E-state index is 13.4. The van der Waals surface area contributed by atoms with Crippen LogP contribution in [-0.2, 0) is 18.0 Å². The summed E-state index contributed by atoms with van der Waals surface area (Å²) in [6.45, 7) is 0.0541. The summed E-state index contributed by atoms with van der Waals surface area (Å²) < 4.78 is 32.0. The van der Waals surface area contributed by atoms with Gasteiger partial charge >= 0.3 is 0 Å². The lowest BCUT2D eigenvalue weighted by Crippen LogP contribution is -1.99. The summed E-state index contributed by atoms with van der Waals surface area (Å²) in [6.07, 6.45) is 0. The van der Waals surface area contributed by atoms with Gasteiger partial charge in [-0.2, -0.15) is 5.26 Å². The fraction of sp³-hybridized carbons (Fsp3) is 0.133. The molecule has 0 aromatic heterocycles. The molecule has 2 rings (SSSR count). The van der Waals surface area contributed by atoms with Crippen molar-refractivity contribution in [1.82, 2.24) is 0 Å². The summed E-state index contributed by atoms with van der Waals surface area (Å²) in [5.41, 5.74) is 1.07. The second kappa shape index (κ2) is 6.07. The van der Waals surface area contributed by atoms with Crippen LogP contribution in [0.3, 0.4) is 0 Å². The molecule has 0 spiro atoms. The van der Waals surface area contributed by atoms with E-state index in [1.165, 1.54) is 24.3 Å². The molecular weight excluding hydrogens is 248 g/mol. The van der Waals surface area contributed by atoms with E-state index in [9.17, 15) is 8.78 Å². The smallest absolute Gasteiger partial charge is 0.128 e. The van der Waals surface area contributed by atoms with Gasteiger partial charge in [0.1, 0.15) is 11.6 Å². The van der Waals surface area contributed by atoms with Crippen LogP contribution in [0.25, 0.3) is 0 Å². The standard InChI is InChI=1S/C15H11F2NO/c16-14-4-2-1-3-12(14)9-19-10-13-7-11(8-18)5-6-15(13)17/h1-7H,9-10H2. The summed E-state index contributed by atoms with van der Waals surface area (Å²) in [6, 6.07) is 12.2. The number of nitriles is 1. The van der Waals surface area contributed by atoms with Gasteiger partial charge in [-0.3, -0.25) is 0 Å². The highest BCUT2D eigenvalue weighted by molar-refractivity contribution is 5.33. The molecule has 2 nitrogen and oxygen atoms in total. The van der Waals surface area contributed by atoms with Crippen molar-refractivity contribution in [3.63, 3.8) is 0 Å². The summed E-state index contributed by atoms with van der Waals surface area (Å²) in [5.74, 6) is -0.790. The van der Waals surface area contributed by atoms with E-state index in [0.717, 1.165) is 0 Å². The van der Waals surface area contributed by atoms with Gasteiger partial charge in [0.25, 0.3) is 0 Å². The van der Waals surface area contributed by atoms with Crippen LogP contribution in [0.4, 0.5) is 8.78 Å². The number of hydrogen-bond acceptors (Lipinski definition) is 2. The zero-order valence-corrected chi connectivity index (χ0v) is 10.1. The van der Waals surface area contributed by atoms with Crippen molar-refractivity contribution in [3.05, 3.63) is 70.8 Å². The molecule has 19 heavy (non-hydrogen) atoms. The lowest BCUT2D eigenvalue weighted by atomic mass is 10.1. The molecule has 0 radical (unpaired) electrons. The van der Waals surface area contributed by atoms with Gasteiger partial charge in [0.2, 0.25) is 0 Å². The van der Waals surface area contributed by atoms with E-state index in [2.05, 4.69) is 0 Å². The first-order valence-electron chi connectivity index (χ1n) is 5.70. The molecule has 0 aliphatic rings. The van der Waals surface area contributed by atoms with Crippen LogP contribution in [0.15, 0.2) is 42.5 Å². The van der Waals surface area contributed by atoms with E-state index < -0.39 is 5.82 Å². The fourth-order valence-corrected chi connectivity index (χ4v) is 1.64. The zero-order chi connectivity index (χ0) is 13.7. The lowest BCUT2D eigenvalue weighted by Gasteiger charge is -2.06. The molecule has 4 heteroatoms. The van der Waals surface area contributed by atoms with E-state index in [4.69, 9.17) is 10.00 Å². The second-order valence-corrected chi connectivity index (χ2v) is 4.00. The van der Waals surface area contributed by atoms with Gasteiger partial charge < -0.3 is 4.74 Å². The first kappa shape index (κ1) is 13.2. The maximum Gasteiger partial charge on any atom is 0.128 e. The summed E-state index contributed by atoms with van der Waals surface area (Å²) in [4.78, 5) is 0. The molecule has 0 aliphatic heterocycles. The Kier molecular flexibility index (Phi) is 4.22. The van der Waals surface area contributed by atoms with Crippen molar-refractivity contribution in [2.75, 3.05) is 0 Å². The van der Waals surface area contributed by atoms with Crippen molar-refractivity contribution < 1.29 is 13.5 Å². The monoisotopic (exact) mass is 259 g/mol. The summed E-state index contributed by atoms with van der Waals surface area (Å²) >= 11 is 0. The Bertz CT molecular complexity index is 620. The van der Waals surface area contributed by atoms with Crippen molar-refractivity contribution in [3.8, 4) is 6.07 Å². The van der Waals surface area contributed by atoms with Gasteiger partial charge in [0.15, 0.2) is 0 Å². The minimum atomic E-state index is -0.437. The molecule has 0 heterocycles. The predicted molar refractivity (Wildman–Crippen MR) is 66.0 cm³/mol. The average Bonchev–Trinajstić information content (AvgIpc) is 2.43. The van der Waals surface area contributed by atoms with Crippen LogP contribution >= 0.6 is 0 Å². The molecule has 0 amide bonds. The molecule has 0 saturated carbocycles. The fourth-order valence-electron chi connectivity index (χ4n) is 1.64. The van der Waals surface area contributed by atoms with Gasteiger partial charge in [-0.05, 0) is 24.3 Å². The Morgan fingerprint density at radius 1 is 0.947 bits per heavy atom. The van der Waals surface area contributed by atoms with Gasteiger partial charge in [-0.15, -0.1) is 0 Å². The molecule has 0 fully saturated rings. The predicted octanol–water partition coefficient (Wildman–Crippen LogP) is 3.55. The normalized spacial score (nSPS) is 10.2. The topological polar surface area (TPSA) is 33.0 Å². The van der Waals surface area contributed by atoms with Crippen molar-refractivity contribution in [2.24, 2.45) is 0 Å².